The molecule has 2 nitrogen and oxygen atoms in total. The summed E-state index contributed by atoms with van der Waals surface area (Å²) >= 11 is 2.64. The molecule has 3 aliphatic rings. The summed E-state index contributed by atoms with van der Waals surface area (Å²) in [6.45, 7) is 1.15. The van der Waals surface area contributed by atoms with Crippen molar-refractivity contribution in [1.29, 1.82) is 0 Å². The van der Waals surface area contributed by atoms with Crippen LogP contribution in [-0.4, -0.2) is 22.6 Å². The van der Waals surface area contributed by atoms with E-state index >= 15 is 0 Å². The zero-order chi connectivity index (χ0) is 20.6. The van der Waals surface area contributed by atoms with Gasteiger partial charge in [0.15, 0.2) is 0 Å². The molecule has 0 bridgehead atoms. The number of nitrogens with one attached hydrogen (secondary N) is 2. The van der Waals surface area contributed by atoms with Gasteiger partial charge in [-0.1, -0.05) is 97.5 Å². The topological polar surface area (TPSA) is 24.1 Å². The van der Waals surface area contributed by atoms with Crippen LogP contribution in [0.1, 0.15) is 82.6 Å². The second kappa shape index (κ2) is 11.7. The molecule has 2 N–H and O–H groups in total. The quantitative estimate of drug-likeness (QED) is 0.332. The van der Waals surface area contributed by atoms with E-state index in [-0.39, 0.29) is 0 Å². The number of rotatable bonds is 3. The number of fused-ring (bicyclic) bond motifs is 1. The maximum atomic E-state index is 4.07. The molecule has 0 radical (unpaired) electrons. The van der Waals surface area contributed by atoms with Crippen LogP contribution in [0.5, 0.6) is 0 Å². The lowest BCUT2D eigenvalue weighted by molar-refractivity contribution is 0.345. The second-order valence-electron chi connectivity index (χ2n) is 9.53. The summed E-state index contributed by atoms with van der Waals surface area (Å²) in [7, 11) is 0. The van der Waals surface area contributed by atoms with Crippen molar-refractivity contribution in [3.63, 3.8) is 0 Å². The number of hydrogen-bond donors (Lipinski definition) is 2. The molecule has 1 heterocycles. The Bertz CT molecular complexity index is 703. The van der Waals surface area contributed by atoms with Crippen molar-refractivity contribution < 1.29 is 0 Å². The monoisotopic (exact) mass is 518 g/mol. The molecule has 1 saturated carbocycles. The van der Waals surface area contributed by atoms with Gasteiger partial charge in [0, 0.05) is 27.6 Å². The van der Waals surface area contributed by atoms with Gasteiger partial charge < -0.3 is 10.6 Å². The number of allylic oxidation sites excluding steroid dienone is 2. The summed E-state index contributed by atoms with van der Waals surface area (Å²) in [5.74, 6) is 0.592. The smallest absolute Gasteiger partial charge is 0.0342 e. The van der Waals surface area contributed by atoms with E-state index in [1.54, 1.807) is 0 Å². The zero-order valence-corrected chi connectivity index (χ0v) is 20.6. The van der Waals surface area contributed by atoms with Gasteiger partial charge >= 0.3 is 0 Å². The maximum absolute atomic E-state index is 4.07. The molecule has 164 valence electrons. The van der Waals surface area contributed by atoms with E-state index in [0.29, 0.717) is 18.0 Å². The third-order valence-electron chi connectivity index (χ3n) is 7.21. The Morgan fingerprint density at radius 3 is 2.27 bits per heavy atom. The normalized spacial score (nSPS) is 31.4. The summed E-state index contributed by atoms with van der Waals surface area (Å²) in [6, 6.07) is 12.1. The first kappa shape index (κ1) is 22.4. The van der Waals surface area contributed by atoms with Gasteiger partial charge in [0.1, 0.15) is 0 Å². The first-order valence-corrected chi connectivity index (χ1v) is 13.7. The molecule has 1 aliphatic heterocycles. The van der Waals surface area contributed by atoms with E-state index in [9.17, 15) is 0 Å². The molecule has 0 aromatic heterocycles. The third kappa shape index (κ3) is 6.35. The fraction of sp³-hybridized carbons (Fsp3) is 0.630. The van der Waals surface area contributed by atoms with Crippen molar-refractivity contribution in [3.8, 4) is 0 Å². The van der Waals surface area contributed by atoms with Crippen molar-refractivity contribution in [1.82, 2.24) is 10.6 Å². The highest BCUT2D eigenvalue weighted by atomic mass is 127. The summed E-state index contributed by atoms with van der Waals surface area (Å²) in [5, 5.41) is 8.02. The van der Waals surface area contributed by atoms with E-state index in [1.807, 2.05) is 0 Å². The standard InChI is InChI=1S/C27H39IN2/c28-23-14-16-24(17-15-23)30-27-20-22(21-11-7-6-8-12-21)19-26-25(27)13-9-4-2-1-3-5-10-18-29-26/h6-8,11-12,19-20,23-26,29-30H,1-5,9-10,13-18H2. The summed E-state index contributed by atoms with van der Waals surface area (Å²) < 4.78 is 0.872. The SMILES string of the molecule is IC1CCC(NC2=CC(c3ccccc3)=CC3NCCCCCCCCCC23)CC1. The van der Waals surface area contributed by atoms with Crippen LogP contribution < -0.4 is 10.6 Å². The van der Waals surface area contributed by atoms with Gasteiger partial charge in [-0.2, -0.15) is 0 Å². The molecule has 1 saturated heterocycles. The van der Waals surface area contributed by atoms with Crippen molar-refractivity contribution in [3.05, 3.63) is 53.7 Å². The molecule has 0 spiro atoms. The Labute approximate surface area is 197 Å². The van der Waals surface area contributed by atoms with Crippen LogP contribution in [-0.2, 0) is 0 Å². The molecular weight excluding hydrogens is 479 g/mol. The molecule has 0 amide bonds. The molecule has 1 aromatic carbocycles. The molecule has 1 aromatic rings. The molecule has 30 heavy (non-hydrogen) atoms. The molecular formula is C27H39IN2. The van der Waals surface area contributed by atoms with Gasteiger partial charge in [0.05, 0.1) is 0 Å². The summed E-state index contributed by atoms with van der Waals surface area (Å²) in [4.78, 5) is 0. The maximum Gasteiger partial charge on any atom is 0.0342 e. The van der Waals surface area contributed by atoms with Crippen LogP contribution in [0.25, 0.3) is 5.57 Å². The predicted molar refractivity (Wildman–Crippen MR) is 138 cm³/mol. The van der Waals surface area contributed by atoms with Crippen molar-refractivity contribution in [2.75, 3.05) is 6.54 Å². The average molecular weight is 519 g/mol. The molecule has 4 rings (SSSR count). The third-order valence-corrected chi connectivity index (χ3v) is 8.46. The van der Waals surface area contributed by atoms with E-state index in [1.165, 1.54) is 93.9 Å². The Kier molecular flexibility index (Phi) is 8.74. The summed E-state index contributed by atoms with van der Waals surface area (Å²) in [6.07, 6.45) is 21.4. The average Bonchev–Trinajstić information content (AvgIpc) is 2.77. The predicted octanol–water partition coefficient (Wildman–Crippen LogP) is 7.01. The van der Waals surface area contributed by atoms with Crippen LogP contribution in [0.4, 0.5) is 0 Å². The lowest BCUT2D eigenvalue weighted by Crippen LogP contribution is -2.44. The first-order chi connectivity index (χ1) is 14.8. The minimum Gasteiger partial charge on any atom is -0.385 e. The fourth-order valence-corrected chi connectivity index (χ4v) is 6.11. The minimum atomic E-state index is 0.452. The highest BCUT2D eigenvalue weighted by Gasteiger charge is 2.30. The van der Waals surface area contributed by atoms with E-state index in [0.717, 1.165) is 10.5 Å². The van der Waals surface area contributed by atoms with Crippen molar-refractivity contribution >= 4 is 28.2 Å². The van der Waals surface area contributed by atoms with Gasteiger partial charge in [-0.25, -0.2) is 0 Å². The summed E-state index contributed by atoms with van der Waals surface area (Å²) in [5.41, 5.74) is 4.24. The highest BCUT2D eigenvalue weighted by molar-refractivity contribution is 14.1. The van der Waals surface area contributed by atoms with Crippen molar-refractivity contribution in [2.45, 2.75) is 93.1 Å². The Balaban J connectivity index is 1.56. The van der Waals surface area contributed by atoms with E-state index in [4.69, 9.17) is 0 Å². The molecule has 2 unspecified atom stereocenters. The molecule has 2 fully saturated rings. The number of alkyl halides is 1. The van der Waals surface area contributed by atoms with Gasteiger partial charge in [-0.05, 0) is 62.3 Å². The Hall–Kier alpha value is -0.810. The second-order valence-corrected chi connectivity index (χ2v) is 11.3. The lowest BCUT2D eigenvalue weighted by Gasteiger charge is -2.37. The number of benzene rings is 1. The molecule has 2 atom stereocenters. The largest absolute Gasteiger partial charge is 0.385 e. The highest BCUT2D eigenvalue weighted by Crippen LogP contribution is 2.34. The number of hydrogen-bond acceptors (Lipinski definition) is 2. The van der Waals surface area contributed by atoms with Crippen LogP contribution >= 0.6 is 22.6 Å². The molecule has 3 heteroatoms. The van der Waals surface area contributed by atoms with Gasteiger partial charge in [0.2, 0.25) is 0 Å². The molecule has 2 aliphatic carbocycles. The Morgan fingerprint density at radius 1 is 0.800 bits per heavy atom. The van der Waals surface area contributed by atoms with Crippen LogP contribution in [0.15, 0.2) is 48.2 Å². The van der Waals surface area contributed by atoms with Gasteiger partial charge in [-0.15, -0.1) is 0 Å². The van der Waals surface area contributed by atoms with Crippen LogP contribution in [0.2, 0.25) is 0 Å². The van der Waals surface area contributed by atoms with Crippen molar-refractivity contribution in [2.24, 2.45) is 5.92 Å². The minimum absolute atomic E-state index is 0.452. The first-order valence-electron chi connectivity index (χ1n) is 12.4. The number of halogens is 1. The van der Waals surface area contributed by atoms with Crippen LogP contribution in [0, 0.1) is 5.92 Å². The Morgan fingerprint density at radius 2 is 1.50 bits per heavy atom. The van der Waals surface area contributed by atoms with Crippen LogP contribution in [0.3, 0.4) is 0 Å². The lowest BCUT2D eigenvalue weighted by atomic mass is 9.81. The fourth-order valence-electron chi connectivity index (χ4n) is 5.40. The van der Waals surface area contributed by atoms with Gasteiger partial charge in [-0.3, -0.25) is 0 Å². The zero-order valence-electron chi connectivity index (χ0n) is 18.4. The van der Waals surface area contributed by atoms with E-state index < -0.39 is 0 Å². The van der Waals surface area contributed by atoms with Gasteiger partial charge in [0.25, 0.3) is 0 Å². The van der Waals surface area contributed by atoms with E-state index in [2.05, 4.69) is 75.7 Å².